The Kier molecular flexibility index (Phi) is 6.52. The van der Waals surface area contributed by atoms with Crippen LogP contribution in [-0.2, 0) is 11.2 Å². The third-order valence-electron chi connectivity index (χ3n) is 4.71. The highest BCUT2D eigenvalue weighted by molar-refractivity contribution is 5.94. The molecule has 2 aromatic rings. The maximum absolute atomic E-state index is 12.9. The van der Waals surface area contributed by atoms with Crippen LogP contribution in [0.3, 0.4) is 0 Å². The maximum Gasteiger partial charge on any atom is 0.274 e. The van der Waals surface area contributed by atoms with Crippen LogP contribution in [0.5, 0.6) is 0 Å². The number of pyridine rings is 1. The molecule has 0 unspecified atom stereocenters. The minimum Gasteiger partial charge on any atom is -0.368 e. The number of nitrogens with one attached hydrogen (secondary N) is 1. The Morgan fingerprint density at radius 3 is 2.79 bits per heavy atom. The summed E-state index contributed by atoms with van der Waals surface area (Å²) in [4.78, 5) is 41.6. The van der Waals surface area contributed by atoms with Crippen LogP contribution in [0.2, 0.25) is 0 Å². The zero-order valence-corrected chi connectivity index (χ0v) is 16.4. The molecule has 8 nitrogen and oxygen atoms in total. The molecule has 2 bridgehead atoms. The SMILES string of the molecule is Cc1cnc(C(=O)N2CCCCc3cccc(n3)NCCN(C)C(=O)C2)cn1. The number of likely N-dealkylation sites (N-methyl/N-ethyl adjacent to an activating group) is 1. The van der Waals surface area contributed by atoms with E-state index in [9.17, 15) is 9.59 Å². The number of hydrogen-bond donors (Lipinski definition) is 1. The number of fused-ring (bicyclic) bond motifs is 2. The molecule has 0 aliphatic carbocycles. The van der Waals surface area contributed by atoms with Crippen LogP contribution in [0.15, 0.2) is 30.6 Å². The highest BCUT2D eigenvalue weighted by Gasteiger charge is 2.22. The molecular formula is C20H26N6O2. The normalized spacial score (nSPS) is 16.3. The summed E-state index contributed by atoms with van der Waals surface area (Å²) in [5.41, 5.74) is 2.03. The van der Waals surface area contributed by atoms with Gasteiger partial charge in [0.25, 0.3) is 5.91 Å². The number of amides is 2. The van der Waals surface area contributed by atoms with Crippen molar-refractivity contribution in [2.45, 2.75) is 26.2 Å². The summed E-state index contributed by atoms with van der Waals surface area (Å²) < 4.78 is 0. The monoisotopic (exact) mass is 382 g/mol. The molecule has 8 heteroatoms. The lowest BCUT2D eigenvalue weighted by atomic mass is 10.1. The smallest absolute Gasteiger partial charge is 0.274 e. The van der Waals surface area contributed by atoms with Crippen molar-refractivity contribution in [1.29, 1.82) is 0 Å². The summed E-state index contributed by atoms with van der Waals surface area (Å²) in [5.74, 6) is 0.457. The van der Waals surface area contributed by atoms with Crippen molar-refractivity contribution in [2.24, 2.45) is 0 Å². The van der Waals surface area contributed by atoms with E-state index in [1.54, 1.807) is 23.0 Å². The second kappa shape index (κ2) is 9.25. The molecule has 0 spiro atoms. The number of carbonyl (C=O) groups is 2. The minimum atomic E-state index is -0.264. The van der Waals surface area contributed by atoms with Crippen LogP contribution in [-0.4, -0.2) is 69.8 Å². The predicted octanol–water partition coefficient (Wildman–Crippen LogP) is 1.53. The molecule has 0 saturated carbocycles. The second-order valence-electron chi connectivity index (χ2n) is 6.98. The quantitative estimate of drug-likeness (QED) is 0.804. The lowest BCUT2D eigenvalue weighted by molar-refractivity contribution is -0.130. The van der Waals surface area contributed by atoms with Gasteiger partial charge in [-0.25, -0.2) is 9.97 Å². The van der Waals surface area contributed by atoms with Gasteiger partial charge in [0.05, 0.1) is 11.9 Å². The molecule has 3 rings (SSSR count). The number of anilines is 1. The average Bonchev–Trinajstić information content (AvgIpc) is 2.70. The van der Waals surface area contributed by atoms with Crippen LogP contribution in [0, 0.1) is 6.92 Å². The molecule has 0 atom stereocenters. The highest BCUT2D eigenvalue weighted by atomic mass is 16.2. The minimum absolute atomic E-state index is 0.0361. The number of hydrogen-bond acceptors (Lipinski definition) is 6. The number of nitrogens with zero attached hydrogens (tertiary/aromatic N) is 5. The molecule has 0 aromatic carbocycles. The third kappa shape index (κ3) is 5.25. The summed E-state index contributed by atoms with van der Waals surface area (Å²) in [6, 6.07) is 5.93. The molecule has 3 heterocycles. The van der Waals surface area contributed by atoms with Gasteiger partial charge in [-0.1, -0.05) is 6.07 Å². The van der Waals surface area contributed by atoms with Crippen LogP contribution < -0.4 is 5.32 Å². The largest absolute Gasteiger partial charge is 0.368 e. The van der Waals surface area contributed by atoms with Gasteiger partial charge >= 0.3 is 0 Å². The zero-order chi connectivity index (χ0) is 19.9. The Morgan fingerprint density at radius 1 is 1.14 bits per heavy atom. The van der Waals surface area contributed by atoms with Crippen molar-refractivity contribution in [3.05, 3.63) is 47.7 Å². The molecule has 148 valence electrons. The fourth-order valence-electron chi connectivity index (χ4n) is 3.00. The Hall–Kier alpha value is -3.03. The predicted molar refractivity (Wildman–Crippen MR) is 106 cm³/mol. The van der Waals surface area contributed by atoms with Crippen molar-refractivity contribution in [3.63, 3.8) is 0 Å². The van der Waals surface area contributed by atoms with Crippen molar-refractivity contribution in [2.75, 3.05) is 38.5 Å². The van der Waals surface area contributed by atoms with E-state index in [0.717, 1.165) is 36.5 Å². The van der Waals surface area contributed by atoms with Gasteiger partial charge in [-0.3, -0.25) is 14.6 Å². The standard InChI is InChI=1S/C20H26N6O2/c1-15-12-23-17(13-22-15)20(28)26-10-4-3-6-16-7-5-8-18(24-16)21-9-11-25(2)19(27)14-26/h5,7-8,12-13H,3-4,6,9-11,14H2,1-2H3,(H,21,24). The first-order valence-electron chi connectivity index (χ1n) is 9.54. The molecule has 1 aliphatic heterocycles. The summed E-state index contributed by atoms with van der Waals surface area (Å²) in [6.45, 7) is 3.46. The van der Waals surface area contributed by atoms with Crippen molar-refractivity contribution in [3.8, 4) is 0 Å². The molecule has 0 saturated heterocycles. The van der Waals surface area contributed by atoms with Crippen LogP contribution >= 0.6 is 0 Å². The van der Waals surface area contributed by atoms with Gasteiger partial charge in [-0.2, -0.15) is 0 Å². The average molecular weight is 382 g/mol. The molecule has 1 N–H and O–H groups in total. The second-order valence-corrected chi connectivity index (χ2v) is 6.98. The molecule has 0 radical (unpaired) electrons. The van der Waals surface area contributed by atoms with Crippen LogP contribution in [0.4, 0.5) is 5.82 Å². The first kappa shape index (κ1) is 19.7. The summed E-state index contributed by atoms with van der Waals surface area (Å²) in [5, 5.41) is 3.25. The highest BCUT2D eigenvalue weighted by Crippen LogP contribution is 2.10. The van der Waals surface area contributed by atoms with E-state index >= 15 is 0 Å². The Balaban J connectivity index is 1.75. The van der Waals surface area contributed by atoms with Gasteiger partial charge in [0.2, 0.25) is 5.91 Å². The van der Waals surface area contributed by atoms with E-state index < -0.39 is 0 Å². The van der Waals surface area contributed by atoms with E-state index in [4.69, 9.17) is 0 Å². The zero-order valence-electron chi connectivity index (χ0n) is 16.4. The van der Waals surface area contributed by atoms with E-state index in [1.807, 2.05) is 25.1 Å². The van der Waals surface area contributed by atoms with Gasteiger partial charge in [0, 0.05) is 38.6 Å². The molecule has 2 aromatic heterocycles. The lowest BCUT2D eigenvalue weighted by Crippen LogP contribution is -2.43. The first-order valence-corrected chi connectivity index (χ1v) is 9.54. The summed E-state index contributed by atoms with van der Waals surface area (Å²) in [7, 11) is 1.74. The molecule has 28 heavy (non-hydrogen) atoms. The lowest BCUT2D eigenvalue weighted by Gasteiger charge is -2.25. The van der Waals surface area contributed by atoms with E-state index in [2.05, 4.69) is 20.3 Å². The molecule has 0 fully saturated rings. The fourth-order valence-corrected chi connectivity index (χ4v) is 3.00. The first-order chi connectivity index (χ1) is 13.5. The topological polar surface area (TPSA) is 91.3 Å². The van der Waals surface area contributed by atoms with Crippen molar-refractivity contribution in [1.82, 2.24) is 24.8 Å². The maximum atomic E-state index is 12.9. The van der Waals surface area contributed by atoms with Gasteiger partial charge in [-0.15, -0.1) is 0 Å². The summed E-state index contributed by atoms with van der Waals surface area (Å²) >= 11 is 0. The van der Waals surface area contributed by atoms with E-state index in [1.165, 1.54) is 6.20 Å². The van der Waals surface area contributed by atoms with E-state index in [0.29, 0.717) is 19.6 Å². The Bertz CT molecular complexity index is 824. The van der Waals surface area contributed by atoms with E-state index in [-0.39, 0.29) is 24.1 Å². The fraction of sp³-hybridized carbons (Fsp3) is 0.450. The van der Waals surface area contributed by atoms with Crippen molar-refractivity contribution < 1.29 is 9.59 Å². The van der Waals surface area contributed by atoms with Gasteiger partial charge in [-0.05, 0) is 38.3 Å². The number of rotatable bonds is 1. The van der Waals surface area contributed by atoms with Gasteiger partial charge < -0.3 is 15.1 Å². The van der Waals surface area contributed by atoms with Crippen LogP contribution in [0.25, 0.3) is 0 Å². The molecule has 1 aliphatic rings. The van der Waals surface area contributed by atoms with Gasteiger partial charge in [0.15, 0.2) is 0 Å². The van der Waals surface area contributed by atoms with Crippen LogP contribution in [0.1, 0.15) is 34.7 Å². The Labute approximate surface area is 165 Å². The summed E-state index contributed by atoms with van der Waals surface area (Å²) in [6.07, 6.45) is 5.52. The van der Waals surface area contributed by atoms with Gasteiger partial charge in [0.1, 0.15) is 18.1 Å². The number of aryl methyl sites for hydroxylation is 2. The number of aromatic nitrogens is 3. The Morgan fingerprint density at radius 2 is 2.00 bits per heavy atom. The number of carbonyl (C=O) groups excluding carboxylic acids is 2. The van der Waals surface area contributed by atoms with Crippen molar-refractivity contribution >= 4 is 17.6 Å². The third-order valence-corrected chi connectivity index (χ3v) is 4.71. The molecule has 2 amide bonds. The molecular weight excluding hydrogens is 356 g/mol.